The molecule has 1 atom stereocenters. The fourth-order valence-corrected chi connectivity index (χ4v) is 5.10. The summed E-state index contributed by atoms with van der Waals surface area (Å²) in [6.45, 7) is -1.56. The Morgan fingerprint density at radius 2 is 1.54 bits per heavy atom. The van der Waals surface area contributed by atoms with Gasteiger partial charge in [-0.05, 0) is 72.3 Å². The van der Waals surface area contributed by atoms with Crippen molar-refractivity contribution in [3.63, 3.8) is 0 Å². The summed E-state index contributed by atoms with van der Waals surface area (Å²) < 4.78 is 60.2. The summed E-state index contributed by atoms with van der Waals surface area (Å²) in [6, 6.07) is 23.5. The molecule has 0 aliphatic heterocycles. The van der Waals surface area contributed by atoms with E-state index in [1.807, 2.05) is 0 Å². The summed E-state index contributed by atoms with van der Waals surface area (Å²) in [5.41, 5.74) is -0.686. The molecule has 5 rings (SSSR count). The average molecular weight is 677 g/mol. The molecule has 48 heavy (non-hydrogen) atoms. The van der Waals surface area contributed by atoms with Crippen molar-refractivity contribution in [3.05, 3.63) is 154 Å². The number of ether oxygens (including phenoxy) is 1. The number of nitrogens with zero attached hydrogens (tertiary/aromatic N) is 2. The lowest BCUT2D eigenvalue weighted by Crippen LogP contribution is -2.31. The van der Waals surface area contributed by atoms with Crippen LogP contribution in [-0.4, -0.2) is 47.3 Å². The number of ketones is 3. The number of alkyl halides is 3. The van der Waals surface area contributed by atoms with Gasteiger partial charge in [-0.15, -0.1) is 0 Å². The molecule has 0 amide bonds. The number of Topliss-reactive ketones (excluding diaryl/α,β-unsaturated/α-hetero) is 1. The number of aliphatic hydroxyl groups is 1. The lowest BCUT2D eigenvalue weighted by atomic mass is 9.89. The van der Waals surface area contributed by atoms with Crippen LogP contribution in [0.5, 0.6) is 5.75 Å². The molecule has 0 spiro atoms. The van der Waals surface area contributed by atoms with E-state index in [1.165, 1.54) is 61.7 Å². The quantitative estimate of drug-likeness (QED) is 0.112. The second-order valence-electron chi connectivity index (χ2n) is 10.5. The maximum atomic E-state index is 14.6. The van der Waals surface area contributed by atoms with E-state index in [9.17, 15) is 37.1 Å². The minimum atomic E-state index is -4.72. The SMILES string of the molecule is COc1ccc(C(=O)c2ccc(C(=O)c3ccc(N(CC(F)(F)F)c4ccc(Cl)cc4F)cn3)cc2C(=O)C(O)c2ccccc2)cc1. The van der Waals surface area contributed by atoms with Gasteiger partial charge in [0.15, 0.2) is 11.6 Å². The van der Waals surface area contributed by atoms with Crippen LogP contribution in [0.2, 0.25) is 5.02 Å². The Balaban J connectivity index is 1.51. The lowest BCUT2D eigenvalue weighted by molar-refractivity contribution is -0.118. The molecule has 1 heterocycles. The number of hydrogen-bond acceptors (Lipinski definition) is 7. The van der Waals surface area contributed by atoms with Crippen LogP contribution in [0.25, 0.3) is 0 Å². The third-order valence-electron chi connectivity index (χ3n) is 7.34. The van der Waals surface area contributed by atoms with Crippen molar-refractivity contribution in [2.45, 2.75) is 12.3 Å². The van der Waals surface area contributed by atoms with Crippen molar-refractivity contribution in [1.29, 1.82) is 0 Å². The number of pyridine rings is 1. The van der Waals surface area contributed by atoms with E-state index < -0.39 is 47.7 Å². The summed E-state index contributed by atoms with van der Waals surface area (Å²) in [6.07, 6.45) is -5.40. The van der Waals surface area contributed by atoms with Gasteiger partial charge in [-0.25, -0.2) is 4.39 Å². The number of carbonyl (C=O) groups excluding carboxylic acids is 3. The van der Waals surface area contributed by atoms with E-state index in [0.29, 0.717) is 10.6 Å². The van der Waals surface area contributed by atoms with Gasteiger partial charge in [0, 0.05) is 27.3 Å². The molecule has 12 heteroatoms. The Bertz CT molecular complexity index is 1970. The van der Waals surface area contributed by atoms with Crippen LogP contribution < -0.4 is 9.64 Å². The molecular weight excluding hydrogens is 652 g/mol. The molecule has 1 unspecified atom stereocenters. The molecule has 0 bridgehead atoms. The summed E-state index contributed by atoms with van der Waals surface area (Å²) in [5, 5.41) is 10.9. The largest absolute Gasteiger partial charge is 0.497 e. The molecule has 244 valence electrons. The van der Waals surface area contributed by atoms with Gasteiger partial charge < -0.3 is 14.7 Å². The average Bonchev–Trinajstić information content (AvgIpc) is 3.09. The van der Waals surface area contributed by atoms with Gasteiger partial charge in [0.25, 0.3) is 0 Å². The van der Waals surface area contributed by atoms with Gasteiger partial charge in [0.2, 0.25) is 5.78 Å². The zero-order valence-corrected chi connectivity index (χ0v) is 25.8. The number of methoxy groups -OCH3 is 1. The van der Waals surface area contributed by atoms with E-state index >= 15 is 0 Å². The molecule has 1 aromatic heterocycles. The molecule has 5 aromatic rings. The van der Waals surface area contributed by atoms with Crippen LogP contribution in [0.15, 0.2) is 109 Å². The van der Waals surface area contributed by atoms with E-state index in [1.54, 1.807) is 30.3 Å². The first-order chi connectivity index (χ1) is 22.9. The van der Waals surface area contributed by atoms with Crippen LogP contribution in [0.1, 0.15) is 54.0 Å². The van der Waals surface area contributed by atoms with Gasteiger partial charge in [0.1, 0.15) is 29.9 Å². The fraction of sp³-hybridized carbons (Fsp3) is 0.111. The molecule has 0 fully saturated rings. The molecule has 1 N–H and O–H groups in total. The zero-order valence-electron chi connectivity index (χ0n) is 25.0. The minimum absolute atomic E-state index is 0.00636. The minimum Gasteiger partial charge on any atom is -0.497 e. The maximum absolute atomic E-state index is 14.6. The van der Waals surface area contributed by atoms with Crippen molar-refractivity contribution in [3.8, 4) is 5.75 Å². The van der Waals surface area contributed by atoms with Crippen molar-refractivity contribution < 1.29 is 41.8 Å². The van der Waals surface area contributed by atoms with Crippen molar-refractivity contribution >= 4 is 40.3 Å². The predicted molar refractivity (Wildman–Crippen MR) is 171 cm³/mol. The Labute approximate surface area is 277 Å². The van der Waals surface area contributed by atoms with Gasteiger partial charge in [-0.1, -0.05) is 48.0 Å². The van der Waals surface area contributed by atoms with Crippen LogP contribution in [0.3, 0.4) is 0 Å². The topological polar surface area (TPSA) is 96.8 Å². The third kappa shape index (κ3) is 7.59. The normalized spacial score (nSPS) is 11.9. The molecule has 0 radical (unpaired) electrons. The van der Waals surface area contributed by atoms with Crippen molar-refractivity contribution in [2.24, 2.45) is 0 Å². The van der Waals surface area contributed by atoms with Gasteiger partial charge in [-0.3, -0.25) is 19.4 Å². The number of carbonyl (C=O) groups is 3. The number of aromatic nitrogens is 1. The van der Waals surface area contributed by atoms with E-state index in [4.69, 9.17) is 16.3 Å². The van der Waals surface area contributed by atoms with Crippen LogP contribution in [-0.2, 0) is 0 Å². The molecule has 0 aliphatic carbocycles. The number of halogens is 5. The van der Waals surface area contributed by atoms with Gasteiger partial charge >= 0.3 is 6.18 Å². The first kappa shape index (κ1) is 34.0. The third-order valence-corrected chi connectivity index (χ3v) is 7.57. The number of anilines is 2. The van der Waals surface area contributed by atoms with E-state index in [0.717, 1.165) is 24.4 Å². The predicted octanol–water partition coefficient (Wildman–Crippen LogP) is 7.96. The highest BCUT2D eigenvalue weighted by atomic mass is 35.5. The molecule has 4 aromatic carbocycles. The molecule has 0 aliphatic rings. The summed E-state index contributed by atoms with van der Waals surface area (Å²) >= 11 is 5.77. The standard InChI is InChI=1S/C36H25ClF4N2O5/c1-48-26-12-7-22(8-13-26)32(44)27-14-9-23(17-28(27)35(47)34(46)21-5-3-2-4-6-21)33(45)30-15-11-25(19-42-30)43(20-36(39,40)41)31-16-10-24(37)18-29(31)38/h2-19,34,46H,20H2,1H3. The summed E-state index contributed by atoms with van der Waals surface area (Å²) in [7, 11) is 1.47. The highest BCUT2D eigenvalue weighted by Gasteiger charge is 2.33. The molecule has 7 nitrogen and oxygen atoms in total. The van der Waals surface area contributed by atoms with Gasteiger partial charge in [0.05, 0.1) is 24.7 Å². The van der Waals surface area contributed by atoms with Crippen LogP contribution in [0, 0.1) is 5.82 Å². The number of aliphatic hydroxyl groups excluding tert-OH is 1. The Morgan fingerprint density at radius 3 is 2.15 bits per heavy atom. The summed E-state index contributed by atoms with van der Waals surface area (Å²) in [5.74, 6) is -2.62. The smallest absolute Gasteiger partial charge is 0.406 e. The Morgan fingerprint density at radius 1 is 0.854 bits per heavy atom. The Hall–Kier alpha value is -5.39. The van der Waals surface area contributed by atoms with E-state index in [2.05, 4.69) is 4.98 Å². The monoisotopic (exact) mass is 676 g/mol. The maximum Gasteiger partial charge on any atom is 0.406 e. The van der Waals surface area contributed by atoms with Crippen LogP contribution in [0.4, 0.5) is 28.9 Å². The highest BCUT2D eigenvalue weighted by molar-refractivity contribution is 6.30. The second-order valence-corrected chi connectivity index (χ2v) is 11.0. The number of rotatable bonds is 11. The fourth-order valence-electron chi connectivity index (χ4n) is 4.94. The molecule has 0 saturated heterocycles. The molecule has 0 saturated carbocycles. The number of benzene rings is 4. The second kappa shape index (κ2) is 14.2. The lowest BCUT2D eigenvalue weighted by Gasteiger charge is -2.26. The zero-order chi connectivity index (χ0) is 34.6. The van der Waals surface area contributed by atoms with Crippen molar-refractivity contribution in [1.82, 2.24) is 4.98 Å². The first-order valence-electron chi connectivity index (χ1n) is 14.3. The molecular formula is C36H25ClF4N2O5. The first-order valence-corrected chi connectivity index (χ1v) is 14.6. The van der Waals surface area contributed by atoms with Crippen molar-refractivity contribution in [2.75, 3.05) is 18.6 Å². The van der Waals surface area contributed by atoms with Crippen LogP contribution >= 0.6 is 11.6 Å². The van der Waals surface area contributed by atoms with E-state index in [-0.39, 0.29) is 44.2 Å². The Kier molecular flexibility index (Phi) is 10.0. The summed E-state index contributed by atoms with van der Waals surface area (Å²) in [4.78, 5) is 45.4. The highest BCUT2D eigenvalue weighted by Crippen LogP contribution is 2.33. The van der Waals surface area contributed by atoms with Gasteiger partial charge in [-0.2, -0.15) is 13.2 Å². The number of hydrogen-bond donors (Lipinski definition) is 1.